The van der Waals surface area contributed by atoms with E-state index in [1.807, 2.05) is 36.4 Å². The number of fused-ring (bicyclic) bond motifs is 1. The lowest BCUT2D eigenvalue weighted by atomic mass is 10.2. The highest BCUT2D eigenvalue weighted by Crippen LogP contribution is 2.13. The van der Waals surface area contributed by atoms with E-state index < -0.39 is 5.97 Å². The molecule has 0 unspecified atom stereocenters. The highest BCUT2D eigenvalue weighted by molar-refractivity contribution is 5.81. The van der Waals surface area contributed by atoms with Crippen LogP contribution in [0.4, 0.5) is 5.95 Å². The first kappa shape index (κ1) is 15.5. The molecule has 0 fully saturated rings. The molecule has 0 radical (unpaired) electrons. The van der Waals surface area contributed by atoms with Crippen molar-refractivity contribution in [3.8, 4) is 5.75 Å². The molecule has 7 nitrogen and oxygen atoms in total. The molecule has 7 heteroatoms. The number of methoxy groups -OCH3 is 1. The first-order valence-corrected chi connectivity index (χ1v) is 7.28. The lowest BCUT2D eigenvalue weighted by Crippen LogP contribution is -2.12. The molecule has 1 aromatic heterocycles. The number of esters is 1. The third kappa shape index (κ3) is 3.89. The van der Waals surface area contributed by atoms with E-state index in [9.17, 15) is 4.79 Å². The molecule has 0 aliphatic carbocycles. The van der Waals surface area contributed by atoms with Gasteiger partial charge < -0.3 is 14.5 Å². The van der Waals surface area contributed by atoms with Gasteiger partial charge in [0.1, 0.15) is 5.75 Å². The highest BCUT2D eigenvalue weighted by atomic mass is 16.6. The second kappa shape index (κ2) is 7.28. The molecule has 3 rings (SSSR count). The van der Waals surface area contributed by atoms with Crippen LogP contribution in [0.3, 0.4) is 0 Å². The summed E-state index contributed by atoms with van der Waals surface area (Å²) in [5.41, 5.74) is 5.56. The van der Waals surface area contributed by atoms with Gasteiger partial charge in [-0.25, -0.2) is 15.2 Å². The van der Waals surface area contributed by atoms with E-state index in [0.29, 0.717) is 11.7 Å². The normalized spacial score (nSPS) is 10.9. The van der Waals surface area contributed by atoms with E-state index in [2.05, 4.69) is 25.2 Å². The van der Waals surface area contributed by atoms with Gasteiger partial charge in [0.2, 0.25) is 5.95 Å². The van der Waals surface area contributed by atoms with Gasteiger partial charge in [-0.05, 0) is 42.0 Å². The van der Waals surface area contributed by atoms with Crippen molar-refractivity contribution in [1.82, 2.24) is 9.97 Å². The van der Waals surface area contributed by atoms with Crippen LogP contribution in [0.1, 0.15) is 5.56 Å². The highest BCUT2D eigenvalue weighted by Gasteiger charge is 2.01. The SMILES string of the molecule is COC(=O)COc1ccc(/C=N\Nc2nc3ccccc3[nH]2)cc1. The van der Waals surface area contributed by atoms with Crippen molar-refractivity contribution < 1.29 is 14.3 Å². The Balaban J connectivity index is 1.57. The summed E-state index contributed by atoms with van der Waals surface area (Å²) >= 11 is 0. The van der Waals surface area contributed by atoms with Gasteiger partial charge in [-0.1, -0.05) is 12.1 Å². The number of hydrazone groups is 1. The number of nitrogens with zero attached hydrogens (tertiary/aromatic N) is 2. The molecule has 0 saturated heterocycles. The first-order valence-electron chi connectivity index (χ1n) is 7.28. The lowest BCUT2D eigenvalue weighted by molar-refractivity contribution is -0.142. The molecule has 0 spiro atoms. The summed E-state index contributed by atoms with van der Waals surface area (Å²) in [5.74, 6) is 0.740. The van der Waals surface area contributed by atoms with Crippen LogP contribution in [0.2, 0.25) is 0 Å². The largest absolute Gasteiger partial charge is 0.482 e. The summed E-state index contributed by atoms with van der Waals surface area (Å²) in [7, 11) is 1.32. The Hall–Kier alpha value is -3.35. The monoisotopic (exact) mass is 324 g/mol. The summed E-state index contributed by atoms with van der Waals surface area (Å²) in [6.07, 6.45) is 1.66. The number of hydrogen-bond donors (Lipinski definition) is 2. The molecule has 122 valence electrons. The predicted octanol–water partition coefficient (Wildman–Crippen LogP) is 2.56. The quantitative estimate of drug-likeness (QED) is 0.413. The van der Waals surface area contributed by atoms with E-state index in [1.54, 1.807) is 18.3 Å². The Morgan fingerprint density at radius 1 is 1.25 bits per heavy atom. The number of H-pyrrole nitrogens is 1. The van der Waals surface area contributed by atoms with Gasteiger partial charge >= 0.3 is 5.97 Å². The van der Waals surface area contributed by atoms with Gasteiger partial charge in [-0.2, -0.15) is 5.10 Å². The number of rotatable bonds is 6. The molecule has 2 aromatic carbocycles. The van der Waals surface area contributed by atoms with Crippen molar-refractivity contribution in [2.45, 2.75) is 0 Å². The van der Waals surface area contributed by atoms with Gasteiger partial charge in [0.25, 0.3) is 0 Å². The molecular formula is C17H16N4O3. The second-order valence-corrected chi connectivity index (χ2v) is 4.91. The van der Waals surface area contributed by atoms with E-state index in [4.69, 9.17) is 4.74 Å². The Kier molecular flexibility index (Phi) is 4.71. The summed E-state index contributed by atoms with van der Waals surface area (Å²) in [6, 6.07) is 14.9. The van der Waals surface area contributed by atoms with Crippen molar-refractivity contribution in [1.29, 1.82) is 0 Å². The van der Waals surface area contributed by atoms with Crippen LogP contribution >= 0.6 is 0 Å². The first-order chi connectivity index (χ1) is 11.7. The number of anilines is 1. The minimum Gasteiger partial charge on any atom is -0.482 e. The maximum Gasteiger partial charge on any atom is 0.343 e. The van der Waals surface area contributed by atoms with E-state index >= 15 is 0 Å². The molecule has 0 atom stereocenters. The Morgan fingerprint density at radius 2 is 2.04 bits per heavy atom. The molecule has 1 heterocycles. The minimum atomic E-state index is -0.421. The predicted molar refractivity (Wildman–Crippen MR) is 91.3 cm³/mol. The van der Waals surface area contributed by atoms with Crippen molar-refractivity contribution in [3.63, 3.8) is 0 Å². The molecular weight excluding hydrogens is 308 g/mol. The number of aromatic amines is 1. The number of imidazole rings is 1. The Morgan fingerprint density at radius 3 is 2.79 bits per heavy atom. The van der Waals surface area contributed by atoms with Gasteiger partial charge in [0.15, 0.2) is 6.61 Å². The lowest BCUT2D eigenvalue weighted by Gasteiger charge is -2.04. The standard InChI is InChI=1S/C17H16N4O3/c1-23-16(22)11-24-13-8-6-12(7-9-13)10-18-21-17-19-14-4-2-3-5-15(14)20-17/h2-10H,11H2,1H3,(H2,19,20,21)/b18-10-. The number of carbonyl (C=O) groups is 1. The average molecular weight is 324 g/mol. The average Bonchev–Trinajstić information content (AvgIpc) is 3.03. The molecule has 0 saturated carbocycles. The maximum absolute atomic E-state index is 11.0. The molecule has 0 amide bonds. The van der Waals surface area contributed by atoms with E-state index in [-0.39, 0.29) is 6.61 Å². The van der Waals surface area contributed by atoms with Crippen molar-refractivity contribution in [2.24, 2.45) is 5.10 Å². The zero-order valence-corrected chi connectivity index (χ0v) is 13.0. The number of benzene rings is 2. The van der Waals surface area contributed by atoms with Crippen molar-refractivity contribution in [3.05, 3.63) is 54.1 Å². The fourth-order valence-corrected chi connectivity index (χ4v) is 2.03. The fraction of sp³-hybridized carbons (Fsp3) is 0.118. The van der Waals surface area contributed by atoms with Crippen LogP contribution in [-0.2, 0) is 9.53 Å². The molecule has 0 aliphatic rings. The number of carbonyl (C=O) groups excluding carboxylic acids is 1. The summed E-state index contributed by atoms with van der Waals surface area (Å²) in [5, 5.41) is 4.14. The number of hydrogen-bond acceptors (Lipinski definition) is 6. The van der Waals surface area contributed by atoms with E-state index in [1.165, 1.54) is 7.11 Å². The van der Waals surface area contributed by atoms with Crippen LogP contribution < -0.4 is 10.2 Å². The van der Waals surface area contributed by atoms with Crippen molar-refractivity contribution >= 4 is 29.2 Å². The minimum absolute atomic E-state index is 0.114. The van der Waals surface area contributed by atoms with Gasteiger partial charge in [0.05, 0.1) is 24.4 Å². The smallest absolute Gasteiger partial charge is 0.343 e. The van der Waals surface area contributed by atoms with Crippen molar-refractivity contribution in [2.75, 3.05) is 19.1 Å². The second-order valence-electron chi connectivity index (χ2n) is 4.91. The van der Waals surface area contributed by atoms with Gasteiger partial charge in [0, 0.05) is 0 Å². The topological polar surface area (TPSA) is 88.6 Å². The number of para-hydroxylation sites is 2. The summed E-state index contributed by atoms with van der Waals surface area (Å²) in [6.45, 7) is -0.114. The zero-order chi connectivity index (χ0) is 16.8. The zero-order valence-electron chi connectivity index (χ0n) is 13.0. The Labute approximate surface area is 138 Å². The molecule has 0 bridgehead atoms. The van der Waals surface area contributed by atoms with Gasteiger partial charge in [-0.15, -0.1) is 0 Å². The number of nitrogens with one attached hydrogen (secondary N) is 2. The Bertz CT molecular complexity index is 823. The van der Waals surface area contributed by atoms with Crippen LogP contribution in [0.25, 0.3) is 11.0 Å². The molecule has 0 aliphatic heterocycles. The van der Waals surface area contributed by atoms with E-state index in [0.717, 1.165) is 16.6 Å². The van der Waals surface area contributed by atoms with Crippen LogP contribution in [-0.4, -0.2) is 35.9 Å². The number of aromatic nitrogens is 2. The van der Waals surface area contributed by atoms with Gasteiger partial charge in [-0.3, -0.25) is 0 Å². The summed E-state index contributed by atoms with van der Waals surface area (Å²) < 4.78 is 9.78. The van der Waals surface area contributed by atoms with Crippen LogP contribution in [0.5, 0.6) is 5.75 Å². The number of ether oxygens (including phenoxy) is 2. The summed E-state index contributed by atoms with van der Waals surface area (Å²) in [4.78, 5) is 18.5. The fourth-order valence-electron chi connectivity index (χ4n) is 2.03. The maximum atomic E-state index is 11.0. The third-order valence-electron chi connectivity index (χ3n) is 3.24. The molecule has 3 aromatic rings. The molecule has 24 heavy (non-hydrogen) atoms. The molecule has 2 N–H and O–H groups in total. The van der Waals surface area contributed by atoms with Crippen LogP contribution in [0.15, 0.2) is 53.6 Å². The third-order valence-corrected chi connectivity index (χ3v) is 3.24. The van der Waals surface area contributed by atoms with Crippen LogP contribution in [0, 0.1) is 0 Å².